The van der Waals surface area contributed by atoms with E-state index in [0.717, 1.165) is 44.4 Å². The zero-order chi connectivity index (χ0) is 44.3. The molecule has 0 bridgehead atoms. The highest BCUT2D eigenvalue weighted by molar-refractivity contribution is 6.06. The molecule has 2 atom stereocenters. The fourth-order valence-electron chi connectivity index (χ4n) is 11.5. The molecule has 0 aliphatic heterocycles. The van der Waals surface area contributed by atoms with Crippen LogP contribution in [0.25, 0.3) is 66.1 Å². The van der Waals surface area contributed by atoms with E-state index in [1.165, 1.54) is 61.0 Å². The lowest BCUT2D eigenvalue weighted by atomic mass is 9.63. The standard InChI is InChI=1S/C65H45NO/c1-3-20-50(21-4-1)65(51-22-5-2-6-23-51)59-28-11-9-26-57(59)64-60(65)29-15-30-61(64)66(53-39-34-45(35-40-53)48-36-41-63-58(43-48)56-25-10-12-31-62(56)67-63)52-37-32-44(33-38-52)47-18-13-19-49(42-47)55-27-14-17-46-16-7-8-24-54(46)55/h1-43,57,59H. The van der Waals surface area contributed by atoms with Crippen molar-refractivity contribution in [3.05, 3.63) is 283 Å². The van der Waals surface area contributed by atoms with Crippen molar-refractivity contribution in [2.75, 3.05) is 4.90 Å². The molecule has 0 spiro atoms. The second-order valence-electron chi connectivity index (χ2n) is 17.9. The van der Waals surface area contributed by atoms with E-state index in [2.05, 4.69) is 254 Å². The smallest absolute Gasteiger partial charge is 0.135 e. The third-order valence-corrected chi connectivity index (χ3v) is 14.4. The van der Waals surface area contributed by atoms with Gasteiger partial charge < -0.3 is 9.32 Å². The highest BCUT2D eigenvalue weighted by Crippen LogP contribution is 2.62. The van der Waals surface area contributed by atoms with Crippen LogP contribution in [0.2, 0.25) is 0 Å². The van der Waals surface area contributed by atoms with Gasteiger partial charge in [0.15, 0.2) is 0 Å². The molecule has 2 heteroatoms. The summed E-state index contributed by atoms with van der Waals surface area (Å²) in [5.41, 5.74) is 17.2. The van der Waals surface area contributed by atoms with Gasteiger partial charge in [0, 0.05) is 34.0 Å². The van der Waals surface area contributed by atoms with E-state index in [4.69, 9.17) is 4.42 Å². The molecule has 0 saturated carbocycles. The normalized spacial score (nSPS) is 15.8. The van der Waals surface area contributed by atoms with E-state index in [-0.39, 0.29) is 11.8 Å². The van der Waals surface area contributed by atoms with Gasteiger partial charge in [-0.25, -0.2) is 0 Å². The molecule has 67 heavy (non-hydrogen) atoms. The minimum atomic E-state index is -0.399. The average molecular weight is 856 g/mol. The highest BCUT2D eigenvalue weighted by atomic mass is 16.3. The Morgan fingerprint density at radius 1 is 0.388 bits per heavy atom. The summed E-state index contributed by atoms with van der Waals surface area (Å²) in [5.74, 6) is 0.318. The molecule has 316 valence electrons. The van der Waals surface area contributed by atoms with Crippen LogP contribution in [-0.4, -0.2) is 0 Å². The minimum absolute atomic E-state index is 0.144. The monoisotopic (exact) mass is 855 g/mol. The van der Waals surface area contributed by atoms with Crippen LogP contribution in [0.1, 0.15) is 28.2 Å². The van der Waals surface area contributed by atoms with E-state index >= 15 is 0 Å². The van der Waals surface area contributed by atoms with Crippen molar-refractivity contribution in [1.29, 1.82) is 0 Å². The van der Waals surface area contributed by atoms with E-state index in [0.29, 0.717) is 0 Å². The Kier molecular flexibility index (Phi) is 9.25. The van der Waals surface area contributed by atoms with Gasteiger partial charge in [0.1, 0.15) is 11.2 Å². The molecule has 2 aliphatic rings. The molecule has 1 heterocycles. The SMILES string of the molecule is C1=CC2c3c(N(c4ccc(-c5cccc(-c6cccc7ccccc67)c5)cc4)c4ccc(-c5ccc6oc7ccccc7c6c5)cc4)cccc3C(c3ccccc3)(c3ccccc3)C2C=C1. The molecule has 1 aromatic heterocycles. The molecular formula is C65H45NO. The summed E-state index contributed by atoms with van der Waals surface area (Å²) in [5, 5.41) is 4.78. The lowest BCUT2D eigenvalue weighted by Gasteiger charge is -2.38. The van der Waals surface area contributed by atoms with E-state index < -0.39 is 5.41 Å². The molecule has 10 aromatic carbocycles. The molecule has 0 N–H and O–H groups in total. The van der Waals surface area contributed by atoms with Crippen molar-refractivity contribution in [3.63, 3.8) is 0 Å². The van der Waals surface area contributed by atoms with Crippen molar-refractivity contribution < 1.29 is 4.42 Å². The van der Waals surface area contributed by atoms with Crippen LogP contribution in [0.3, 0.4) is 0 Å². The summed E-state index contributed by atoms with van der Waals surface area (Å²) in [7, 11) is 0. The third-order valence-electron chi connectivity index (χ3n) is 14.4. The first-order chi connectivity index (χ1) is 33.2. The quantitative estimate of drug-likeness (QED) is 0.151. The number of anilines is 3. The fraction of sp³-hybridized carbons (Fsp3) is 0.0462. The summed E-state index contributed by atoms with van der Waals surface area (Å²) >= 11 is 0. The molecule has 2 unspecified atom stereocenters. The molecular weight excluding hydrogens is 811 g/mol. The Hall–Kier alpha value is -8.46. The summed E-state index contributed by atoms with van der Waals surface area (Å²) in [4.78, 5) is 2.49. The Morgan fingerprint density at radius 3 is 1.70 bits per heavy atom. The molecule has 11 aromatic rings. The first-order valence-corrected chi connectivity index (χ1v) is 23.3. The summed E-state index contributed by atoms with van der Waals surface area (Å²) in [6.07, 6.45) is 9.38. The van der Waals surface area contributed by atoms with E-state index in [9.17, 15) is 0 Å². The zero-order valence-corrected chi connectivity index (χ0v) is 36.8. The third kappa shape index (κ3) is 6.32. The molecule has 0 radical (unpaired) electrons. The van der Waals surface area contributed by atoms with E-state index in [1.54, 1.807) is 0 Å². The van der Waals surface area contributed by atoms with Crippen LogP contribution in [0.4, 0.5) is 17.1 Å². The molecule has 0 amide bonds. The van der Waals surface area contributed by atoms with Gasteiger partial charge in [0.2, 0.25) is 0 Å². The number of hydrogen-bond acceptors (Lipinski definition) is 2. The number of fused-ring (bicyclic) bond motifs is 7. The van der Waals surface area contributed by atoms with Gasteiger partial charge >= 0.3 is 0 Å². The Morgan fingerprint density at radius 2 is 0.955 bits per heavy atom. The molecule has 2 nitrogen and oxygen atoms in total. The minimum Gasteiger partial charge on any atom is -0.456 e. The molecule has 2 aliphatic carbocycles. The van der Waals surface area contributed by atoms with Crippen LogP contribution in [0, 0.1) is 5.92 Å². The number of nitrogens with zero attached hydrogens (tertiary/aromatic N) is 1. The van der Waals surface area contributed by atoms with Crippen molar-refractivity contribution in [3.8, 4) is 33.4 Å². The number of furan rings is 1. The van der Waals surface area contributed by atoms with Crippen LogP contribution in [0.5, 0.6) is 0 Å². The zero-order valence-electron chi connectivity index (χ0n) is 36.8. The van der Waals surface area contributed by atoms with Crippen LogP contribution in [-0.2, 0) is 5.41 Å². The number of para-hydroxylation sites is 1. The van der Waals surface area contributed by atoms with Crippen LogP contribution < -0.4 is 4.90 Å². The number of rotatable bonds is 8. The van der Waals surface area contributed by atoms with Gasteiger partial charge in [-0.2, -0.15) is 0 Å². The van der Waals surface area contributed by atoms with Crippen LogP contribution >= 0.6 is 0 Å². The largest absolute Gasteiger partial charge is 0.456 e. The highest BCUT2D eigenvalue weighted by Gasteiger charge is 2.54. The molecule has 0 fully saturated rings. The van der Waals surface area contributed by atoms with Gasteiger partial charge in [0.05, 0.1) is 11.1 Å². The van der Waals surface area contributed by atoms with Crippen molar-refractivity contribution in [2.45, 2.75) is 11.3 Å². The van der Waals surface area contributed by atoms with Crippen molar-refractivity contribution >= 4 is 49.8 Å². The van der Waals surface area contributed by atoms with Crippen molar-refractivity contribution in [2.24, 2.45) is 5.92 Å². The molecule has 13 rings (SSSR count). The first-order valence-electron chi connectivity index (χ1n) is 23.3. The number of benzene rings is 10. The number of hydrogen-bond donors (Lipinski definition) is 0. The van der Waals surface area contributed by atoms with Gasteiger partial charge in [-0.1, -0.05) is 206 Å². The maximum absolute atomic E-state index is 6.20. The predicted molar refractivity (Wildman–Crippen MR) is 279 cm³/mol. The second kappa shape index (κ2) is 15.9. The van der Waals surface area contributed by atoms with Crippen molar-refractivity contribution in [1.82, 2.24) is 0 Å². The maximum Gasteiger partial charge on any atom is 0.135 e. The summed E-state index contributed by atoms with van der Waals surface area (Å²) in [6, 6.07) is 86.7. The number of allylic oxidation sites excluding steroid dienone is 4. The van der Waals surface area contributed by atoms with Gasteiger partial charge in [-0.05, 0) is 121 Å². The second-order valence-corrected chi connectivity index (χ2v) is 17.9. The lowest BCUT2D eigenvalue weighted by molar-refractivity contribution is 0.457. The Balaban J connectivity index is 0.968. The Bertz CT molecular complexity index is 3650. The predicted octanol–water partition coefficient (Wildman–Crippen LogP) is 17.4. The summed E-state index contributed by atoms with van der Waals surface area (Å²) < 4.78 is 6.20. The van der Waals surface area contributed by atoms with Gasteiger partial charge in [0.25, 0.3) is 0 Å². The maximum atomic E-state index is 6.20. The molecule has 0 saturated heterocycles. The average Bonchev–Trinajstić information content (AvgIpc) is 3.93. The topological polar surface area (TPSA) is 16.4 Å². The van der Waals surface area contributed by atoms with Crippen LogP contribution in [0.15, 0.2) is 265 Å². The fourth-order valence-corrected chi connectivity index (χ4v) is 11.5. The van der Waals surface area contributed by atoms with E-state index in [1.807, 2.05) is 12.1 Å². The first kappa shape index (κ1) is 39.0. The summed E-state index contributed by atoms with van der Waals surface area (Å²) in [6.45, 7) is 0. The lowest BCUT2D eigenvalue weighted by Crippen LogP contribution is -2.34. The van der Waals surface area contributed by atoms with Gasteiger partial charge in [-0.15, -0.1) is 0 Å². The Labute approximate surface area is 391 Å². The van der Waals surface area contributed by atoms with Gasteiger partial charge in [-0.3, -0.25) is 0 Å².